The standard InChI is InChI=1S/C16H29N3O4/c1-3-19(10-15(21)22)12-8-11(9-12)17-16(23)18(2)13-6-4-5-7-14(13)20/h11-14,20H,3-10H2,1-2H3,(H,17,23)(H,21,22)/t11?,12?,13-,14-/m1/s1. The van der Waals surface area contributed by atoms with Crippen LogP contribution >= 0.6 is 0 Å². The molecule has 0 aromatic heterocycles. The zero-order valence-corrected chi connectivity index (χ0v) is 14.1. The molecule has 132 valence electrons. The van der Waals surface area contributed by atoms with Gasteiger partial charge in [-0.05, 0) is 32.2 Å². The molecule has 0 aromatic rings. The number of nitrogens with zero attached hydrogens (tertiary/aromatic N) is 2. The van der Waals surface area contributed by atoms with Crippen LogP contribution in [0.3, 0.4) is 0 Å². The van der Waals surface area contributed by atoms with E-state index in [1.165, 1.54) is 0 Å². The zero-order chi connectivity index (χ0) is 17.0. The lowest BCUT2D eigenvalue weighted by Crippen LogP contribution is -2.58. The van der Waals surface area contributed by atoms with Gasteiger partial charge in [0.25, 0.3) is 0 Å². The summed E-state index contributed by atoms with van der Waals surface area (Å²) >= 11 is 0. The van der Waals surface area contributed by atoms with Crippen molar-refractivity contribution in [1.82, 2.24) is 15.1 Å². The highest BCUT2D eigenvalue weighted by molar-refractivity contribution is 5.75. The highest BCUT2D eigenvalue weighted by atomic mass is 16.4. The minimum Gasteiger partial charge on any atom is -0.480 e. The fourth-order valence-electron chi connectivity index (χ4n) is 3.65. The average molecular weight is 327 g/mol. The van der Waals surface area contributed by atoms with Gasteiger partial charge < -0.3 is 20.4 Å². The van der Waals surface area contributed by atoms with E-state index in [1.54, 1.807) is 11.9 Å². The van der Waals surface area contributed by atoms with E-state index in [1.807, 2.05) is 11.8 Å². The maximum atomic E-state index is 12.3. The van der Waals surface area contributed by atoms with Crippen LogP contribution in [0.15, 0.2) is 0 Å². The smallest absolute Gasteiger partial charge is 0.317 e. The van der Waals surface area contributed by atoms with Crippen LogP contribution in [0.25, 0.3) is 0 Å². The van der Waals surface area contributed by atoms with Gasteiger partial charge in [-0.1, -0.05) is 19.8 Å². The first-order chi connectivity index (χ1) is 10.9. The molecule has 0 aromatic carbocycles. The quantitative estimate of drug-likeness (QED) is 0.673. The third kappa shape index (κ3) is 4.57. The molecule has 7 nitrogen and oxygen atoms in total. The summed E-state index contributed by atoms with van der Waals surface area (Å²) in [5.74, 6) is -0.814. The summed E-state index contributed by atoms with van der Waals surface area (Å²) in [6.45, 7) is 2.70. The molecule has 0 bridgehead atoms. The molecule has 2 aliphatic rings. The summed E-state index contributed by atoms with van der Waals surface area (Å²) in [6, 6.07) is 0.0879. The molecule has 2 atom stereocenters. The molecule has 2 aliphatic carbocycles. The predicted octanol–water partition coefficient (Wildman–Crippen LogP) is 0.869. The number of urea groups is 1. The molecule has 0 unspecified atom stereocenters. The second-order valence-electron chi connectivity index (χ2n) is 6.76. The third-order valence-corrected chi connectivity index (χ3v) is 5.21. The van der Waals surface area contributed by atoms with Gasteiger partial charge in [-0.2, -0.15) is 0 Å². The molecule has 3 N–H and O–H groups in total. The van der Waals surface area contributed by atoms with Crippen LogP contribution in [0, 0.1) is 0 Å². The number of aliphatic hydroxyl groups is 1. The molecule has 2 amide bonds. The number of carboxylic acids is 1. The molecule has 0 saturated heterocycles. The van der Waals surface area contributed by atoms with Crippen LogP contribution in [0.2, 0.25) is 0 Å². The Balaban J connectivity index is 1.76. The van der Waals surface area contributed by atoms with Crippen LogP contribution in [-0.2, 0) is 4.79 Å². The molecule has 2 fully saturated rings. The number of amides is 2. The van der Waals surface area contributed by atoms with Gasteiger partial charge >= 0.3 is 12.0 Å². The molecule has 0 heterocycles. The van der Waals surface area contributed by atoms with Gasteiger partial charge in [0.15, 0.2) is 0 Å². The van der Waals surface area contributed by atoms with Crippen molar-refractivity contribution in [2.75, 3.05) is 20.1 Å². The lowest BCUT2D eigenvalue weighted by Gasteiger charge is -2.43. The Kier molecular flexibility index (Phi) is 6.24. The fourth-order valence-corrected chi connectivity index (χ4v) is 3.65. The first-order valence-corrected chi connectivity index (χ1v) is 8.59. The molecule has 0 aliphatic heterocycles. The number of carbonyl (C=O) groups excluding carboxylic acids is 1. The van der Waals surface area contributed by atoms with Crippen LogP contribution in [0.1, 0.15) is 45.4 Å². The number of nitrogens with one attached hydrogen (secondary N) is 1. The Hall–Kier alpha value is -1.34. The first-order valence-electron chi connectivity index (χ1n) is 8.59. The van der Waals surface area contributed by atoms with E-state index in [0.717, 1.165) is 38.5 Å². The molecule has 23 heavy (non-hydrogen) atoms. The zero-order valence-electron chi connectivity index (χ0n) is 14.1. The van der Waals surface area contributed by atoms with Crippen molar-refractivity contribution in [2.24, 2.45) is 0 Å². The van der Waals surface area contributed by atoms with Gasteiger partial charge in [0, 0.05) is 19.1 Å². The lowest BCUT2D eigenvalue weighted by atomic mass is 9.85. The Morgan fingerprint density at radius 2 is 1.87 bits per heavy atom. The highest BCUT2D eigenvalue weighted by Crippen LogP contribution is 2.27. The van der Waals surface area contributed by atoms with Crippen LogP contribution < -0.4 is 5.32 Å². The second kappa shape index (κ2) is 7.97. The minimum absolute atomic E-state index is 0.0516. The molecule has 7 heteroatoms. The maximum absolute atomic E-state index is 12.3. The van der Waals surface area contributed by atoms with E-state index < -0.39 is 12.1 Å². The van der Waals surface area contributed by atoms with Crippen LogP contribution in [0.5, 0.6) is 0 Å². The Bertz CT molecular complexity index is 426. The number of likely N-dealkylation sites (N-methyl/N-ethyl adjacent to an activating group) is 2. The Labute approximate surface area is 137 Å². The summed E-state index contributed by atoms with van der Waals surface area (Å²) in [6.07, 6.45) is 4.82. The van der Waals surface area contributed by atoms with Gasteiger partial charge in [-0.25, -0.2) is 4.79 Å². The second-order valence-corrected chi connectivity index (χ2v) is 6.76. The first kappa shape index (κ1) is 18.0. The minimum atomic E-state index is -0.814. The molecular weight excluding hydrogens is 298 g/mol. The van der Waals surface area contributed by atoms with Crippen molar-refractivity contribution in [2.45, 2.75) is 69.7 Å². The van der Waals surface area contributed by atoms with E-state index in [9.17, 15) is 14.7 Å². The third-order valence-electron chi connectivity index (χ3n) is 5.21. The van der Waals surface area contributed by atoms with E-state index in [0.29, 0.717) is 6.54 Å². The van der Waals surface area contributed by atoms with E-state index in [4.69, 9.17) is 5.11 Å². The summed E-state index contributed by atoms with van der Waals surface area (Å²) in [5, 5.41) is 21.9. The summed E-state index contributed by atoms with van der Waals surface area (Å²) in [7, 11) is 1.74. The van der Waals surface area contributed by atoms with E-state index in [-0.39, 0.29) is 30.7 Å². The van der Waals surface area contributed by atoms with Gasteiger partial charge in [0.2, 0.25) is 0 Å². The van der Waals surface area contributed by atoms with Gasteiger partial charge in [0.1, 0.15) is 0 Å². The molecule has 2 saturated carbocycles. The number of hydrogen-bond acceptors (Lipinski definition) is 4. The molecule has 0 radical (unpaired) electrons. The number of aliphatic hydroxyl groups excluding tert-OH is 1. The van der Waals surface area contributed by atoms with Crippen molar-refractivity contribution >= 4 is 12.0 Å². The van der Waals surface area contributed by atoms with E-state index in [2.05, 4.69) is 5.32 Å². The highest BCUT2D eigenvalue weighted by Gasteiger charge is 2.36. The number of aliphatic carboxylic acids is 1. The largest absolute Gasteiger partial charge is 0.480 e. The van der Waals surface area contributed by atoms with Crippen molar-refractivity contribution in [1.29, 1.82) is 0 Å². The van der Waals surface area contributed by atoms with Crippen molar-refractivity contribution in [3.8, 4) is 0 Å². The van der Waals surface area contributed by atoms with Crippen molar-refractivity contribution < 1.29 is 19.8 Å². The predicted molar refractivity (Wildman–Crippen MR) is 86.3 cm³/mol. The average Bonchev–Trinajstić information content (AvgIpc) is 2.47. The monoisotopic (exact) mass is 327 g/mol. The lowest BCUT2D eigenvalue weighted by molar-refractivity contribution is -0.139. The normalized spacial score (nSPS) is 30.6. The number of hydrogen-bond donors (Lipinski definition) is 3. The molecular formula is C16H29N3O4. The van der Waals surface area contributed by atoms with Gasteiger partial charge in [-0.3, -0.25) is 9.69 Å². The number of carboxylic acid groups (broad SMARTS) is 1. The molecule has 0 spiro atoms. The molecule has 2 rings (SSSR count). The van der Waals surface area contributed by atoms with Gasteiger partial charge in [-0.15, -0.1) is 0 Å². The van der Waals surface area contributed by atoms with Crippen LogP contribution in [0.4, 0.5) is 4.79 Å². The number of rotatable bonds is 6. The van der Waals surface area contributed by atoms with Crippen molar-refractivity contribution in [3.63, 3.8) is 0 Å². The van der Waals surface area contributed by atoms with Gasteiger partial charge in [0.05, 0.1) is 18.7 Å². The maximum Gasteiger partial charge on any atom is 0.317 e. The number of carbonyl (C=O) groups is 2. The Morgan fingerprint density at radius 3 is 2.43 bits per heavy atom. The SMILES string of the molecule is CCN(CC(=O)O)C1CC(NC(=O)N(C)[C@@H]2CCCC[C@H]2O)C1. The van der Waals surface area contributed by atoms with E-state index >= 15 is 0 Å². The summed E-state index contributed by atoms with van der Waals surface area (Å²) in [5.41, 5.74) is 0. The topological polar surface area (TPSA) is 93.1 Å². The Morgan fingerprint density at radius 1 is 1.22 bits per heavy atom. The summed E-state index contributed by atoms with van der Waals surface area (Å²) in [4.78, 5) is 26.7. The summed E-state index contributed by atoms with van der Waals surface area (Å²) < 4.78 is 0. The fraction of sp³-hybridized carbons (Fsp3) is 0.875. The van der Waals surface area contributed by atoms with Crippen LogP contribution in [-0.4, -0.2) is 76.4 Å². The van der Waals surface area contributed by atoms with Crippen molar-refractivity contribution in [3.05, 3.63) is 0 Å².